The van der Waals surface area contributed by atoms with E-state index < -0.39 is 6.10 Å². The Labute approximate surface area is 124 Å². The van der Waals surface area contributed by atoms with E-state index in [1.165, 1.54) is 0 Å². The van der Waals surface area contributed by atoms with Crippen LogP contribution in [0.2, 0.25) is 0 Å². The molecule has 1 heterocycles. The van der Waals surface area contributed by atoms with E-state index >= 15 is 0 Å². The van der Waals surface area contributed by atoms with Crippen molar-refractivity contribution < 1.29 is 14.3 Å². The van der Waals surface area contributed by atoms with Gasteiger partial charge in [0.05, 0.1) is 6.10 Å². The second-order valence-electron chi connectivity index (χ2n) is 4.99. The Balaban J connectivity index is 1.91. The third kappa shape index (κ3) is 4.03. The van der Waals surface area contributed by atoms with Gasteiger partial charge < -0.3 is 21.1 Å². The van der Waals surface area contributed by atoms with Crippen molar-refractivity contribution in [3.05, 3.63) is 29.8 Å². The Bertz CT molecular complexity index is 501. The minimum absolute atomic E-state index is 0.0270. The lowest BCUT2D eigenvalue weighted by molar-refractivity contribution is -0.126. The standard InChI is InChI=1S/C15H21N3O3/c1-2-17-14(19)10-3-5-11(6-4-10)18-15(20)13-8-7-12(9-16)21-13/h3-6,12-13H,2,7-9,16H2,1H3,(H,17,19)(H,18,20). The number of amides is 2. The maximum Gasteiger partial charge on any atom is 0.253 e. The average molecular weight is 291 g/mol. The van der Waals surface area contributed by atoms with Crippen molar-refractivity contribution in [3.8, 4) is 0 Å². The first-order chi connectivity index (χ1) is 10.1. The van der Waals surface area contributed by atoms with Crippen molar-refractivity contribution in [1.82, 2.24) is 5.32 Å². The van der Waals surface area contributed by atoms with Crippen LogP contribution in [-0.2, 0) is 9.53 Å². The molecule has 0 saturated carbocycles. The smallest absolute Gasteiger partial charge is 0.253 e. The Kier molecular flexibility index (Phi) is 5.30. The Morgan fingerprint density at radius 1 is 1.29 bits per heavy atom. The van der Waals surface area contributed by atoms with Gasteiger partial charge in [-0.3, -0.25) is 9.59 Å². The maximum absolute atomic E-state index is 12.0. The molecule has 2 rings (SSSR count). The SMILES string of the molecule is CCNC(=O)c1ccc(NC(=O)C2CCC(CN)O2)cc1. The van der Waals surface area contributed by atoms with Crippen molar-refractivity contribution in [3.63, 3.8) is 0 Å². The molecule has 1 aliphatic rings. The zero-order valence-corrected chi connectivity index (χ0v) is 12.1. The highest BCUT2D eigenvalue weighted by atomic mass is 16.5. The number of benzene rings is 1. The summed E-state index contributed by atoms with van der Waals surface area (Å²) in [7, 11) is 0. The molecule has 0 radical (unpaired) electrons. The van der Waals surface area contributed by atoms with Crippen molar-refractivity contribution in [2.45, 2.75) is 32.0 Å². The molecule has 0 aliphatic carbocycles. The number of carbonyl (C=O) groups is 2. The van der Waals surface area contributed by atoms with Crippen molar-refractivity contribution in [1.29, 1.82) is 0 Å². The molecule has 0 bridgehead atoms. The summed E-state index contributed by atoms with van der Waals surface area (Å²) in [4.78, 5) is 23.7. The topological polar surface area (TPSA) is 93.5 Å². The molecule has 1 aromatic rings. The first kappa shape index (κ1) is 15.5. The minimum Gasteiger partial charge on any atom is -0.364 e. The summed E-state index contributed by atoms with van der Waals surface area (Å²) in [5, 5.41) is 5.51. The number of rotatable bonds is 5. The molecule has 1 aliphatic heterocycles. The quantitative estimate of drug-likeness (QED) is 0.750. The summed E-state index contributed by atoms with van der Waals surface area (Å²) >= 11 is 0. The Hall–Kier alpha value is -1.92. The maximum atomic E-state index is 12.0. The molecule has 21 heavy (non-hydrogen) atoms. The molecule has 4 N–H and O–H groups in total. The van der Waals surface area contributed by atoms with E-state index in [0.717, 1.165) is 6.42 Å². The van der Waals surface area contributed by atoms with Crippen LogP contribution in [0.4, 0.5) is 5.69 Å². The second-order valence-corrected chi connectivity index (χ2v) is 4.99. The summed E-state index contributed by atoms with van der Waals surface area (Å²) in [6, 6.07) is 6.77. The number of anilines is 1. The Morgan fingerprint density at radius 2 is 2.00 bits per heavy atom. The van der Waals surface area contributed by atoms with Crippen LogP contribution in [0.25, 0.3) is 0 Å². The number of hydrogen-bond donors (Lipinski definition) is 3. The lowest BCUT2D eigenvalue weighted by Gasteiger charge is -2.13. The number of carbonyl (C=O) groups excluding carboxylic acids is 2. The molecular formula is C15H21N3O3. The molecular weight excluding hydrogens is 270 g/mol. The van der Waals surface area contributed by atoms with Gasteiger partial charge in [-0.1, -0.05) is 0 Å². The van der Waals surface area contributed by atoms with Crippen LogP contribution in [0.1, 0.15) is 30.1 Å². The average Bonchev–Trinajstić information content (AvgIpc) is 2.97. The van der Waals surface area contributed by atoms with Gasteiger partial charge in [0.1, 0.15) is 6.10 Å². The lowest BCUT2D eigenvalue weighted by Crippen LogP contribution is -2.29. The highest BCUT2D eigenvalue weighted by molar-refractivity contribution is 5.96. The van der Waals surface area contributed by atoms with E-state index in [0.29, 0.717) is 30.8 Å². The third-order valence-corrected chi connectivity index (χ3v) is 3.41. The van der Waals surface area contributed by atoms with E-state index in [2.05, 4.69) is 10.6 Å². The molecule has 2 unspecified atom stereocenters. The molecule has 1 saturated heterocycles. The van der Waals surface area contributed by atoms with Gasteiger partial charge in [-0.2, -0.15) is 0 Å². The van der Waals surface area contributed by atoms with Crippen LogP contribution >= 0.6 is 0 Å². The van der Waals surface area contributed by atoms with E-state index in [9.17, 15) is 9.59 Å². The molecule has 0 spiro atoms. The summed E-state index contributed by atoms with van der Waals surface area (Å²) < 4.78 is 5.54. The van der Waals surface area contributed by atoms with Gasteiger partial charge in [-0.25, -0.2) is 0 Å². The van der Waals surface area contributed by atoms with Crippen LogP contribution in [0.5, 0.6) is 0 Å². The highest BCUT2D eigenvalue weighted by Gasteiger charge is 2.29. The first-order valence-electron chi connectivity index (χ1n) is 7.18. The minimum atomic E-state index is -0.443. The molecule has 1 aromatic carbocycles. The highest BCUT2D eigenvalue weighted by Crippen LogP contribution is 2.20. The van der Waals surface area contributed by atoms with E-state index in [1.54, 1.807) is 24.3 Å². The van der Waals surface area contributed by atoms with Gasteiger partial charge in [0, 0.05) is 24.3 Å². The largest absolute Gasteiger partial charge is 0.364 e. The fraction of sp³-hybridized carbons (Fsp3) is 0.467. The summed E-state index contributed by atoms with van der Waals surface area (Å²) in [6.45, 7) is 2.88. The van der Waals surface area contributed by atoms with Crippen LogP contribution in [0.15, 0.2) is 24.3 Å². The monoisotopic (exact) mass is 291 g/mol. The number of nitrogens with two attached hydrogens (primary N) is 1. The second kappa shape index (κ2) is 7.19. The van der Waals surface area contributed by atoms with Crippen LogP contribution in [0, 0.1) is 0 Å². The molecule has 2 amide bonds. The summed E-state index contributed by atoms with van der Waals surface area (Å²) in [5.74, 6) is -0.294. The zero-order valence-electron chi connectivity index (χ0n) is 12.1. The molecule has 6 nitrogen and oxygen atoms in total. The van der Waals surface area contributed by atoms with Crippen LogP contribution in [0.3, 0.4) is 0 Å². The molecule has 0 aromatic heterocycles. The molecule has 114 valence electrons. The lowest BCUT2D eigenvalue weighted by atomic mass is 10.1. The van der Waals surface area contributed by atoms with E-state index in [4.69, 9.17) is 10.5 Å². The predicted molar refractivity (Wildman–Crippen MR) is 80.0 cm³/mol. The fourth-order valence-corrected chi connectivity index (χ4v) is 2.26. The van der Waals surface area contributed by atoms with Gasteiger partial charge >= 0.3 is 0 Å². The Morgan fingerprint density at radius 3 is 2.57 bits per heavy atom. The number of hydrogen-bond acceptors (Lipinski definition) is 4. The van der Waals surface area contributed by atoms with E-state index in [-0.39, 0.29) is 17.9 Å². The number of nitrogens with one attached hydrogen (secondary N) is 2. The predicted octanol–water partition coefficient (Wildman–Crippen LogP) is 0.881. The van der Waals surface area contributed by atoms with Crippen molar-refractivity contribution >= 4 is 17.5 Å². The molecule has 1 fully saturated rings. The summed E-state index contributed by atoms with van der Waals surface area (Å²) in [5.41, 5.74) is 6.73. The normalized spacial score (nSPS) is 21.0. The van der Waals surface area contributed by atoms with Crippen LogP contribution in [-0.4, -0.2) is 37.1 Å². The van der Waals surface area contributed by atoms with E-state index in [1.807, 2.05) is 6.92 Å². The van der Waals surface area contributed by atoms with Crippen LogP contribution < -0.4 is 16.4 Å². The van der Waals surface area contributed by atoms with Gasteiger partial charge in [-0.15, -0.1) is 0 Å². The molecule has 6 heteroatoms. The number of ether oxygens (including phenoxy) is 1. The van der Waals surface area contributed by atoms with Gasteiger partial charge in [0.15, 0.2) is 0 Å². The first-order valence-corrected chi connectivity index (χ1v) is 7.18. The summed E-state index contributed by atoms with van der Waals surface area (Å²) in [6.07, 6.45) is 1.03. The van der Waals surface area contributed by atoms with Crippen molar-refractivity contribution in [2.75, 3.05) is 18.4 Å². The molecule has 2 atom stereocenters. The zero-order chi connectivity index (χ0) is 15.2. The van der Waals surface area contributed by atoms with Gasteiger partial charge in [-0.05, 0) is 44.0 Å². The van der Waals surface area contributed by atoms with Crippen molar-refractivity contribution in [2.24, 2.45) is 5.73 Å². The van der Waals surface area contributed by atoms with Gasteiger partial charge in [0.2, 0.25) is 0 Å². The fourth-order valence-electron chi connectivity index (χ4n) is 2.26. The van der Waals surface area contributed by atoms with Gasteiger partial charge in [0.25, 0.3) is 11.8 Å². The third-order valence-electron chi connectivity index (χ3n) is 3.41.